The fourth-order valence-corrected chi connectivity index (χ4v) is 3.08. The molecular formula is C11H20ClN. The summed E-state index contributed by atoms with van der Waals surface area (Å²) >= 11 is 5.93. The van der Waals surface area contributed by atoms with Gasteiger partial charge in [-0.05, 0) is 38.1 Å². The van der Waals surface area contributed by atoms with Crippen molar-refractivity contribution in [3.05, 3.63) is 0 Å². The van der Waals surface area contributed by atoms with E-state index in [1.54, 1.807) is 0 Å². The van der Waals surface area contributed by atoms with E-state index in [9.17, 15) is 0 Å². The first-order valence-electron chi connectivity index (χ1n) is 5.70. The maximum absolute atomic E-state index is 5.93. The zero-order chi connectivity index (χ0) is 9.10. The van der Waals surface area contributed by atoms with Crippen molar-refractivity contribution in [3.63, 3.8) is 0 Å². The molecule has 2 aliphatic rings. The smallest absolute Gasteiger partial charge is 0.0263 e. The SMILES string of the molecule is ClC[C@@H]1CCCN(C2CCCC2)C1. The minimum Gasteiger partial charge on any atom is -0.300 e. The first-order chi connectivity index (χ1) is 6.40. The molecule has 76 valence electrons. The van der Waals surface area contributed by atoms with Crippen LogP contribution in [0.25, 0.3) is 0 Å². The van der Waals surface area contributed by atoms with Crippen LogP contribution >= 0.6 is 11.6 Å². The highest BCUT2D eigenvalue weighted by Crippen LogP contribution is 2.28. The third-order valence-corrected chi connectivity index (χ3v) is 4.05. The summed E-state index contributed by atoms with van der Waals surface area (Å²) in [7, 11) is 0. The Bertz CT molecular complexity index is 154. The van der Waals surface area contributed by atoms with Gasteiger partial charge < -0.3 is 4.90 Å². The van der Waals surface area contributed by atoms with Crippen molar-refractivity contribution in [2.24, 2.45) is 5.92 Å². The van der Waals surface area contributed by atoms with Gasteiger partial charge in [0.25, 0.3) is 0 Å². The van der Waals surface area contributed by atoms with Gasteiger partial charge in [0.2, 0.25) is 0 Å². The Morgan fingerprint density at radius 3 is 2.54 bits per heavy atom. The Morgan fingerprint density at radius 2 is 1.85 bits per heavy atom. The molecule has 1 nitrogen and oxygen atoms in total. The van der Waals surface area contributed by atoms with Gasteiger partial charge >= 0.3 is 0 Å². The lowest BCUT2D eigenvalue weighted by atomic mass is 9.98. The van der Waals surface area contributed by atoms with E-state index < -0.39 is 0 Å². The van der Waals surface area contributed by atoms with Crippen LogP contribution in [-0.2, 0) is 0 Å². The third-order valence-electron chi connectivity index (χ3n) is 3.61. The predicted octanol–water partition coefficient (Wildman–Crippen LogP) is 2.88. The predicted molar refractivity (Wildman–Crippen MR) is 57.3 cm³/mol. The monoisotopic (exact) mass is 201 g/mol. The second-order valence-electron chi connectivity index (χ2n) is 4.60. The van der Waals surface area contributed by atoms with E-state index in [4.69, 9.17) is 11.6 Å². The molecule has 0 spiro atoms. The standard InChI is InChI=1S/C11H20ClN/c12-8-10-4-3-7-13(9-10)11-5-1-2-6-11/h10-11H,1-9H2/t10-/m0/s1. The van der Waals surface area contributed by atoms with Crippen LogP contribution in [0.1, 0.15) is 38.5 Å². The van der Waals surface area contributed by atoms with Crippen LogP contribution in [0.5, 0.6) is 0 Å². The molecule has 0 N–H and O–H groups in total. The van der Waals surface area contributed by atoms with Crippen LogP contribution in [0, 0.1) is 5.92 Å². The molecule has 0 aromatic rings. The van der Waals surface area contributed by atoms with Crippen LogP contribution in [0.15, 0.2) is 0 Å². The van der Waals surface area contributed by atoms with Gasteiger partial charge in [0.15, 0.2) is 0 Å². The van der Waals surface area contributed by atoms with E-state index in [2.05, 4.69) is 4.90 Å². The van der Waals surface area contributed by atoms with Gasteiger partial charge in [0.1, 0.15) is 0 Å². The lowest BCUT2D eigenvalue weighted by molar-refractivity contribution is 0.133. The molecule has 1 saturated heterocycles. The maximum atomic E-state index is 5.93. The van der Waals surface area contributed by atoms with Crippen molar-refractivity contribution in [2.75, 3.05) is 19.0 Å². The molecule has 1 aliphatic heterocycles. The van der Waals surface area contributed by atoms with E-state index in [0.717, 1.165) is 17.8 Å². The molecule has 13 heavy (non-hydrogen) atoms. The number of nitrogens with zero attached hydrogens (tertiary/aromatic N) is 1. The molecule has 0 bridgehead atoms. The van der Waals surface area contributed by atoms with Gasteiger partial charge in [0.05, 0.1) is 0 Å². The fourth-order valence-electron chi connectivity index (χ4n) is 2.82. The second kappa shape index (κ2) is 4.65. The number of piperidine rings is 1. The summed E-state index contributed by atoms with van der Waals surface area (Å²) in [5.41, 5.74) is 0. The zero-order valence-corrected chi connectivity index (χ0v) is 9.10. The summed E-state index contributed by atoms with van der Waals surface area (Å²) in [4.78, 5) is 2.70. The average molecular weight is 202 g/mol. The quantitative estimate of drug-likeness (QED) is 0.622. The molecular weight excluding hydrogens is 182 g/mol. The summed E-state index contributed by atoms with van der Waals surface area (Å²) in [6, 6.07) is 0.908. The van der Waals surface area contributed by atoms with Crippen molar-refractivity contribution in [2.45, 2.75) is 44.6 Å². The third kappa shape index (κ3) is 2.38. The Morgan fingerprint density at radius 1 is 1.08 bits per heavy atom. The molecule has 0 aromatic carbocycles. The molecule has 2 rings (SSSR count). The first kappa shape index (κ1) is 9.79. The number of alkyl halides is 1. The normalized spacial score (nSPS) is 32.5. The Kier molecular flexibility index (Phi) is 3.51. The van der Waals surface area contributed by atoms with Crippen molar-refractivity contribution in [1.29, 1.82) is 0 Å². The molecule has 0 amide bonds. The van der Waals surface area contributed by atoms with Gasteiger partial charge in [-0.15, -0.1) is 11.6 Å². The maximum Gasteiger partial charge on any atom is 0.0263 e. The van der Waals surface area contributed by atoms with Crippen LogP contribution in [0.4, 0.5) is 0 Å². The molecule has 0 aromatic heterocycles. The summed E-state index contributed by atoms with van der Waals surface area (Å²) in [5, 5.41) is 0. The molecule has 1 heterocycles. The van der Waals surface area contributed by atoms with E-state index in [1.807, 2.05) is 0 Å². The minimum absolute atomic E-state index is 0.774. The summed E-state index contributed by atoms with van der Waals surface area (Å²) in [5.74, 6) is 1.64. The van der Waals surface area contributed by atoms with Crippen LogP contribution in [-0.4, -0.2) is 29.9 Å². The van der Waals surface area contributed by atoms with Crippen LogP contribution < -0.4 is 0 Å². The van der Waals surface area contributed by atoms with E-state index in [0.29, 0.717) is 0 Å². The highest BCUT2D eigenvalue weighted by Gasteiger charge is 2.27. The molecule has 2 fully saturated rings. The lowest BCUT2D eigenvalue weighted by Crippen LogP contribution is -2.41. The summed E-state index contributed by atoms with van der Waals surface area (Å²) < 4.78 is 0. The van der Waals surface area contributed by atoms with Gasteiger partial charge in [-0.25, -0.2) is 0 Å². The summed E-state index contributed by atoms with van der Waals surface area (Å²) in [6.07, 6.45) is 8.50. The second-order valence-corrected chi connectivity index (χ2v) is 4.90. The number of rotatable bonds is 2. The number of halogens is 1. The summed E-state index contributed by atoms with van der Waals surface area (Å²) in [6.45, 7) is 2.60. The number of hydrogen-bond donors (Lipinski definition) is 0. The zero-order valence-electron chi connectivity index (χ0n) is 8.34. The molecule has 1 atom stereocenters. The lowest BCUT2D eigenvalue weighted by Gasteiger charge is -2.36. The fraction of sp³-hybridized carbons (Fsp3) is 1.00. The van der Waals surface area contributed by atoms with Crippen molar-refractivity contribution < 1.29 is 0 Å². The molecule has 2 heteroatoms. The van der Waals surface area contributed by atoms with E-state index in [1.165, 1.54) is 51.6 Å². The largest absolute Gasteiger partial charge is 0.300 e. The van der Waals surface area contributed by atoms with Gasteiger partial charge in [-0.1, -0.05) is 12.8 Å². The van der Waals surface area contributed by atoms with Crippen LogP contribution in [0.3, 0.4) is 0 Å². The van der Waals surface area contributed by atoms with Gasteiger partial charge in [-0.2, -0.15) is 0 Å². The topological polar surface area (TPSA) is 3.24 Å². The Hall–Kier alpha value is 0.250. The Labute approximate surface area is 86.4 Å². The Balaban J connectivity index is 1.84. The highest BCUT2D eigenvalue weighted by atomic mass is 35.5. The van der Waals surface area contributed by atoms with Crippen molar-refractivity contribution >= 4 is 11.6 Å². The van der Waals surface area contributed by atoms with E-state index >= 15 is 0 Å². The molecule has 1 saturated carbocycles. The average Bonchev–Trinajstić information content (AvgIpc) is 2.71. The van der Waals surface area contributed by atoms with Crippen molar-refractivity contribution in [1.82, 2.24) is 4.90 Å². The molecule has 1 aliphatic carbocycles. The van der Waals surface area contributed by atoms with Crippen molar-refractivity contribution in [3.8, 4) is 0 Å². The van der Waals surface area contributed by atoms with E-state index in [-0.39, 0.29) is 0 Å². The minimum atomic E-state index is 0.774. The first-order valence-corrected chi connectivity index (χ1v) is 6.23. The highest BCUT2D eigenvalue weighted by molar-refractivity contribution is 6.18. The molecule has 0 radical (unpaired) electrons. The van der Waals surface area contributed by atoms with Gasteiger partial charge in [0, 0.05) is 18.5 Å². The molecule has 0 unspecified atom stereocenters. The van der Waals surface area contributed by atoms with Crippen LogP contribution in [0.2, 0.25) is 0 Å². The van der Waals surface area contributed by atoms with Gasteiger partial charge in [-0.3, -0.25) is 0 Å². The number of likely N-dealkylation sites (tertiary alicyclic amines) is 1. The number of hydrogen-bond acceptors (Lipinski definition) is 1.